The van der Waals surface area contributed by atoms with Crippen molar-refractivity contribution < 1.29 is 4.79 Å². The molecule has 0 saturated carbocycles. The molecule has 0 rings (SSSR count). The van der Waals surface area contributed by atoms with Gasteiger partial charge in [0.05, 0.1) is 0 Å². The Kier molecular flexibility index (Phi) is 6.41. The van der Waals surface area contributed by atoms with Gasteiger partial charge in [0.1, 0.15) is 5.78 Å². The summed E-state index contributed by atoms with van der Waals surface area (Å²) in [6, 6.07) is 0.278. The smallest absolute Gasteiger partial charge is 0.135 e. The Hall–Kier alpha value is -0.810. The zero-order valence-electron chi connectivity index (χ0n) is 7.89. The van der Waals surface area contributed by atoms with Gasteiger partial charge in [-0.1, -0.05) is 6.92 Å². The molecule has 0 fully saturated rings. The highest BCUT2D eigenvalue weighted by Crippen LogP contribution is 1.98. The van der Waals surface area contributed by atoms with Gasteiger partial charge in [-0.2, -0.15) is 0 Å². The van der Waals surface area contributed by atoms with E-state index in [0.29, 0.717) is 19.3 Å². The van der Waals surface area contributed by atoms with Gasteiger partial charge >= 0.3 is 0 Å². The highest BCUT2D eigenvalue weighted by atomic mass is 16.1. The van der Waals surface area contributed by atoms with Crippen LogP contribution in [-0.2, 0) is 4.79 Å². The first-order chi connectivity index (χ1) is 5.70. The fraction of sp³-hybridized carbons (Fsp3) is 0.700. The zero-order valence-corrected chi connectivity index (χ0v) is 7.89. The number of hydrogen-bond donors (Lipinski definition) is 1. The fourth-order valence-corrected chi connectivity index (χ4v) is 1.08. The highest BCUT2D eigenvalue weighted by Gasteiger charge is 2.06. The third-order valence-electron chi connectivity index (χ3n) is 1.63. The van der Waals surface area contributed by atoms with Crippen LogP contribution in [0.3, 0.4) is 0 Å². The van der Waals surface area contributed by atoms with E-state index < -0.39 is 0 Å². The first-order valence-corrected chi connectivity index (χ1v) is 4.39. The van der Waals surface area contributed by atoms with Gasteiger partial charge in [-0.3, -0.25) is 4.79 Å². The van der Waals surface area contributed by atoms with E-state index >= 15 is 0 Å². The molecule has 1 unspecified atom stereocenters. The van der Waals surface area contributed by atoms with Crippen molar-refractivity contribution in [2.24, 2.45) is 0 Å². The monoisotopic (exact) mass is 167 g/mol. The third kappa shape index (κ3) is 5.94. The maximum absolute atomic E-state index is 11.2. The van der Waals surface area contributed by atoms with Gasteiger partial charge in [0.25, 0.3) is 0 Å². The van der Waals surface area contributed by atoms with Crippen LogP contribution in [0, 0.1) is 12.3 Å². The van der Waals surface area contributed by atoms with Crippen molar-refractivity contribution in [2.45, 2.75) is 39.2 Å². The van der Waals surface area contributed by atoms with E-state index in [4.69, 9.17) is 6.42 Å². The van der Waals surface area contributed by atoms with E-state index in [1.807, 2.05) is 13.8 Å². The summed E-state index contributed by atoms with van der Waals surface area (Å²) in [5.74, 6) is 2.71. The van der Waals surface area contributed by atoms with Crippen LogP contribution in [0.2, 0.25) is 0 Å². The van der Waals surface area contributed by atoms with Gasteiger partial charge in [-0.25, -0.2) is 0 Å². The Morgan fingerprint density at radius 3 is 2.83 bits per heavy atom. The summed E-state index contributed by atoms with van der Waals surface area (Å²) in [5.41, 5.74) is 0. The zero-order chi connectivity index (χ0) is 9.40. The van der Waals surface area contributed by atoms with E-state index in [1.165, 1.54) is 0 Å². The average molecular weight is 167 g/mol. The van der Waals surface area contributed by atoms with E-state index in [9.17, 15) is 4.79 Å². The third-order valence-corrected chi connectivity index (χ3v) is 1.63. The van der Waals surface area contributed by atoms with Gasteiger partial charge in [-0.05, 0) is 13.5 Å². The number of ketones is 1. The molecule has 0 aliphatic rings. The fourth-order valence-electron chi connectivity index (χ4n) is 1.08. The lowest BCUT2D eigenvalue weighted by molar-refractivity contribution is -0.119. The second-order valence-electron chi connectivity index (χ2n) is 2.91. The molecule has 0 spiro atoms. The molecule has 1 atom stereocenters. The number of hydrogen-bond acceptors (Lipinski definition) is 2. The molecule has 0 bridgehead atoms. The summed E-state index contributed by atoms with van der Waals surface area (Å²) in [6.07, 6.45) is 6.73. The van der Waals surface area contributed by atoms with Crippen molar-refractivity contribution >= 4 is 5.78 Å². The lowest BCUT2D eigenvalue weighted by atomic mass is 10.1. The molecule has 2 heteroatoms. The summed E-state index contributed by atoms with van der Waals surface area (Å²) in [4.78, 5) is 11.2. The highest BCUT2D eigenvalue weighted by molar-refractivity contribution is 5.79. The molecule has 2 nitrogen and oxygen atoms in total. The van der Waals surface area contributed by atoms with Crippen LogP contribution in [0.1, 0.15) is 33.1 Å². The Labute approximate surface area is 74.7 Å². The van der Waals surface area contributed by atoms with E-state index in [1.54, 1.807) is 0 Å². The number of rotatable bonds is 6. The topological polar surface area (TPSA) is 29.1 Å². The predicted octanol–water partition coefficient (Wildman–Crippen LogP) is 1.36. The molecule has 0 aliphatic carbocycles. The Morgan fingerprint density at radius 1 is 1.67 bits per heavy atom. The van der Waals surface area contributed by atoms with Crippen molar-refractivity contribution in [1.82, 2.24) is 5.32 Å². The molecule has 0 aromatic heterocycles. The maximum atomic E-state index is 11.2. The summed E-state index contributed by atoms with van der Waals surface area (Å²) < 4.78 is 0. The first-order valence-electron chi connectivity index (χ1n) is 4.39. The van der Waals surface area contributed by atoms with Crippen LogP contribution >= 0.6 is 0 Å². The molecule has 0 heterocycles. The SMILES string of the molecule is C#CCCC(=O)CC(C)NCC. The van der Waals surface area contributed by atoms with Gasteiger partial charge in [0.2, 0.25) is 0 Å². The largest absolute Gasteiger partial charge is 0.314 e. The second-order valence-corrected chi connectivity index (χ2v) is 2.91. The molecule has 0 aromatic carbocycles. The summed E-state index contributed by atoms with van der Waals surface area (Å²) in [6.45, 7) is 4.95. The van der Waals surface area contributed by atoms with Crippen molar-refractivity contribution in [1.29, 1.82) is 0 Å². The van der Waals surface area contributed by atoms with Crippen molar-refractivity contribution in [3.8, 4) is 12.3 Å². The molecule has 0 saturated heterocycles. The standard InChI is InChI=1S/C10H17NO/c1-4-6-7-10(12)8-9(3)11-5-2/h1,9,11H,5-8H2,2-3H3. The maximum Gasteiger partial charge on any atom is 0.135 e. The Bertz CT molecular complexity index is 169. The molecule has 1 N–H and O–H groups in total. The predicted molar refractivity (Wildman–Crippen MR) is 50.8 cm³/mol. The Morgan fingerprint density at radius 2 is 2.33 bits per heavy atom. The van der Waals surface area contributed by atoms with Crippen LogP contribution in [0.5, 0.6) is 0 Å². The quantitative estimate of drug-likeness (QED) is 0.605. The van der Waals surface area contributed by atoms with E-state index in [0.717, 1.165) is 6.54 Å². The van der Waals surface area contributed by atoms with Gasteiger partial charge in [-0.15, -0.1) is 12.3 Å². The second kappa shape index (κ2) is 6.87. The van der Waals surface area contributed by atoms with Crippen LogP contribution in [-0.4, -0.2) is 18.4 Å². The number of carbonyl (C=O) groups excluding carboxylic acids is 1. The van der Waals surface area contributed by atoms with E-state index in [-0.39, 0.29) is 11.8 Å². The van der Waals surface area contributed by atoms with Crippen LogP contribution in [0.15, 0.2) is 0 Å². The van der Waals surface area contributed by atoms with Crippen LogP contribution < -0.4 is 5.32 Å². The molecule has 12 heavy (non-hydrogen) atoms. The summed E-state index contributed by atoms with van der Waals surface area (Å²) >= 11 is 0. The number of carbonyl (C=O) groups is 1. The number of Topliss-reactive ketones (excluding diaryl/α,β-unsaturated/α-hetero) is 1. The lowest BCUT2D eigenvalue weighted by Crippen LogP contribution is -2.27. The average Bonchev–Trinajstić information content (AvgIpc) is 2.01. The minimum absolute atomic E-state index is 0.251. The van der Waals surface area contributed by atoms with Crippen molar-refractivity contribution in [3.63, 3.8) is 0 Å². The van der Waals surface area contributed by atoms with Crippen LogP contribution in [0.25, 0.3) is 0 Å². The molecule has 0 radical (unpaired) electrons. The summed E-state index contributed by atoms with van der Waals surface area (Å²) in [7, 11) is 0. The normalized spacial score (nSPS) is 12.1. The number of terminal acetylenes is 1. The van der Waals surface area contributed by atoms with Gasteiger partial charge in [0.15, 0.2) is 0 Å². The summed E-state index contributed by atoms with van der Waals surface area (Å²) in [5, 5.41) is 3.18. The molecular formula is C10H17NO. The van der Waals surface area contributed by atoms with Crippen LogP contribution in [0.4, 0.5) is 0 Å². The number of nitrogens with one attached hydrogen (secondary N) is 1. The van der Waals surface area contributed by atoms with E-state index in [2.05, 4.69) is 11.2 Å². The van der Waals surface area contributed by atoms with Gasteiger partial charge < -0.3 is 5.32 Å². The van der Waals surface area contributed by atoms with Gasteiger partial charge in [0, 0.05) is 25.3 Å². The minimum atomic E-state index is 0.251. The Balaban J connectivity index is 3.48. The molecule has 0 aliphatic heterocycles. The molecule has 68 valence electrons. The minimum Gasteiger partial charge on any atom is -0.314 e. The molecular weight excluding hydrogens is 150 g/mol. The van der Waals surface area contributed by atoms with Crippen molar-refractivity contribution in [2.75, 3.05) is 6.54 Å². The first kappa shape index (κ1) is 11.2. The van der Waals surface area contributed by atoms with Crippen molar-refractivity contribution in [3.05, 3.63) is 0 Å². The lowest BCUT2D eigenvalue weighted by Gasteiger charge is -2.09. The molecule has 0 aromatic rings. The molecule has 0 amide bonds.